The molecule has 0 saturated carbocycles. The van der Waals surface area contributed by atoms with E-state index in [0.29, 0.717) is 0 Å². The molecule has 0 fully saturated rings. The van der Waals surface area contributed by atoms with E-state index in [4.69, 9.17) is 14.7 Å². The van der Waals surface area contributed by atoms with Crippen molar-refractivity contribution in [3.8, 4) is 34.1 Å². The van der Waals surface area contributed by atoms with E-state index >= 15 is 0 Å². The number of nitrogens with zero attached hydrogens (tertiary/aromatic N) is 3. The number of hydrogen-bond acceptors (Lipinski definition) is 3. The van der Waals surface area contributed by atoms with Crippen LogP contribution in [0.2, 0.25) is 0 Å². The highest BCUT2D eigenvalue weighted by Gasteiger charge is 2.37. The summed E-state index contributed by atoms with van der Waals surface area (Å²) in [5, 5.41) is 4.67. The van der Waals surface area contributed by atoms with Crippen LogP contribution < -0.4 is 4.74 Å². The van der Waals surface area contributed by atoms with E-state index in [9.17, 15) is 0 Å². The summed E-state index contributed by atoms with van der Waals surface area (Å²) in [6, 6.07) is 38.8. The van der Waals surface area contributed by atoms with Gasteiger partial charge in [0.25, 0.3) is 0 Å². The van der Waals surface area contributed by atoms with Crippen LogP contribution in [0.1, 0.15) is 30.0 Å². The van der Waals surface area contributed by atoms with Crippen LogP contribution in [0.15, 0.2) is 152 Å². The zero-order chi connectivity index (χ0) is 31.6. The first kappa shape index (κ1) is 27.1. The molecule has 0 spiro atoms. The number of hydrogen-bond donors (Lipinski definition) is 0. The Bertz CT molecular complexity index is 2540. The first-order valence-corrected chi connectivity index (χ1v) is 16.7. The number of allylic oxidation sites excluding steroid dienone is 6. The van der Waals surface area contributed by atoms with Crippen molar-refractivity contribution in [1.29, 1.82) is 0 Å². The van der Waals surface area contributed by atoms with Gasteiger partial charge in [-0.3, -0.25) is 0 Å². The average molecular weight is 618 g/mol. The first-order chi connectivity index (χ1) is 23.8. The van der Waals surface area contributed by atoms with Crippen molar-refractivity contribution in [3.05, 3.63) is 163 Å². The standard InChI is InChI=1S/C44H31N3O/c1-4-15-29(16-5-1)37-27-38(30-17-6-2-7-18-30)46-44(45-37)36-26-35-33-22-12-13-23-39(33)48-43(35)40-34-25-24-28-14-10-11-21-32(28)41(34)47(42(36)40)31-19-8-3-9-20-31/h1-6,8-17,19-27,33,39H,7,18H2. The van der Waals surface area contributed by atoms with E-state index in [1.807, 2.05) is 0 Å². The van der Waals surface area contributed by atoms with Gasteiger partial charge in [-0.05, 0) is 54.1 Å². The lowest BCUT2D eigenvalue weighted by atomic mass is 9.89. The molecule has 0 bridgehead atoms. The van der Waals surface area contributed by atoms with Crippen molar-refractivity contribution in [2.24, 2.45) is 0 Å². The summed E-state index contributed by atoms with van der Waals surface area (Å²) in [6.45, 7) is 0. The molecule has 0 radical (unpaired) electrons. The van der Waals surface area contributed by atoms with Gasteiger partial charge >= 0.3 is 0 Å². The van der Waals surface area contributed by atoms with Crippen molar-refractivity contribution < 1.29 is 4.74 Å². The van der Waals surface area contributed by atoms with Crippen LogP contribution in [0, 0.1) is 0 Å². The molecule has 4 nitrogen and oxygen atoms in total. The van der Waals surface area contributed by atoms with Crippen molar-refractivity contribution in [2.75, 3.05) is 0 Å². The quantitative estimate of drug-likeness (QED) is 0.197. The van der Waals surface area contributed by atoms with Crippen LogP contribution in [0.4, 0.5) is 0 Å². The molecule has 4 heteroatoms. The molecule has 7 aromatic rings. The van der Waals surface area contributed by atoms with E-state index in [-0.39, 0.29) is 12.0 Å². The highest BCUT2D eigenvalue weighted by Crippen LogP contribution is 2.52. The number of benzene rings is 5. The van der Waals surface area contributed by atoms with Crippen LogP contribution >= 0.6 is 0 Å². The van der Waals surface area contributed by atoms with E-state index in [1.165, 1.54) is 21.9 Å². The second kappa shape index (κ2) is 10.8. The summed E-state index contributed by atoms with van der Waals surface area (Å²) in [5.41, 5.74) is 9.69. The third kappa shape index (κ3) is 4.16. The lowest BCUT2D eigenvalue weighted by Gasteiger charge is -2.16. The molecule has 48 heavy (non-hydrogen) atoms. The van der Waals surface area contributed by atoms with Gasteiger partial charge in [0.05, 0.1) is 27.8 Å². The lowest BCUT2D eigenvalue weighted by Crippen LogP contribution is -2.15. The predicted octanol–water partition coefficient (Wildman–Crippen LogP) is 10.8. The molecule has 2 unspecified atom stereocenters. The topological polar surface area (TPSA) is 39.9 Å². The molecule has 2 atom stereocenters. The average Bonchev–Trinajstić information content (AvgIpc) is 3.72. The maximum Gasteiger partial charge on any atom is 0.162 e. The summed E-state index contributed by atoms with van der Waals surface area (Å²) in [6.07, 6.45) is 17.1. The molecule has 0 N–H and O–H groups in total. The van der Waals surface area contributed by atoms with Crippen LogP contribution in [-0.2, 0) is 0 Å². The fraction of sp³-hybridized carbons (Fsp3) is 0.0909. The molecular weight excluding hydrogens is 587 g/mol. The van der Waals surface area contributed by atoms with Gasteiger partial charge in [-0.15, -0.1) is 0 Å². The number of fused-ring (bicyclic) bond motifs is 9. The van der Waals surface area contributed by atoms with Crippen molar-refractivity contribution >= 4 is 38.2 Å². The number of aromatic nitrogens is 3. The maximum atomic E-state index is 6.89. The van der Waals surface area contributed by atoms with Gasteiger partial charge < -0.3 is 9.30 Å². The second-order valence-electron chi connectivity index (χ2n) is 12.8. The minimum atomic E-state index is -0.0506. The summed E-state index contributed by atoms with van der Waals surface area (Å²) in [5.74, 6) is 1.79. The van der Waals surface area contributed by atoms with Crippen molar-refractivity contribution in [3.63, 3.8) is 0 Å². The zero-order valence-electron chi connectivity index (χ0n) is 26.3. The van der Waals surface area contributed by atoms with E-state index < -0.39 is 0 Å². The Labute approximate surface area is 278 Å². The maximum absolute atomic E-state index is 6.89. The van der Waals surface area contributed by atoms with Crippen LogP contribution in [0.25, 0.3) is 66.5 Å². The minimum absolute atomic E-state index is 0.0506. The summed E-state index contributed by atoms with van der Waals surface area (Å²) in [7, 11) is 0. The third-order valence-electron chi connectivity index (χ3n) is 9.99. The highest BCUT2D eigenvalue weighted by molar-refractivity contribution is 6.23. The zero-order valence-corrected chi connectivity index (χ0v) is 26.3. The Balaban J connectivity index is 1.38. The van der Waals surface area contributed by atoms with E-state index in [0.717, 1.165) is 74.4 Å². The van der Waals surface area contributed by atoms with Crippen LogP contribution in [-0.4, -0.2) is 20.6 Å². The molecule has 2 aromatic heterocycles. The van der Waals surface area contributed by atoms with Gasteiger partial charge in [0.2, 0.25) is 0 Å². The molecule has 0 amide bonds. The normalized spacial score (nSPS) is 17.9. The van der Waals surface area contributed by atoms with Crippen molar-refractivity contribution in [1.82, 2.24) is 14.5 Å². The third-order valence-corrected chi connectivity index (χ3v) is 9.99. The molecule has 1 aliphatic heterocycles. The molecule has 10 rings (SSSR count). The van der Waals surface area contributed by atoms with Gasteiger partial charge in [0.15, 0.2) is 5.82 Å². The number of para-hydroxylation sites is 1. The monoisotopic (exact) mass is 617 g/mol. The lowest BCUT2D eigenvalue weighted by molar-refractivity contribution is 0.271. The molecule has 2 aliphatic carbocycles. The number of ether oxygens (including phenoxy) is 1. The molecule has 5 aromatic carbocycles. The van der Waals surface area contributed by atoms with E-state index in [1.54, 1.807) is 0 Å². The summed E-state index contributed by atoms with van der Waals surface area (Å²) in [4.78, 5) is 10.8. The van der Waals surface area contributed by atoms with Gasteiger partial charge in [-0.25, -0.2) is 9.97 Å². The Morgan fingerprint density at radius 3 is 2.33 bits per heavy atom. The second-order valence-corrected chi connectivity index (χ2v) is 12.8. The van der Waals surface area contributed by atoms with Gasteiger partial charge in [0.1, 0.15) is 11.9 Å². The SMILES string of the molecule is C1=CCCC(c2cc(-c3ccccc3)nc(-c3cc4c(c5c6ccc7ccccc7c6n(-c6ccccc6)c35)OC3C=CC=CC43)n2)=C1. The van der Waals surface area contributed by atoms with Crippen LogP contribution in [0.3, 0.4) is 0 Å². The van der Waals surface area contributed by atoms with Gasteiger partial charge in [-0.2, -0.15) is 0 Å². The van der Waals surface area contributed by atoms with Gasteiger partial charge in [0, 0.05) is 39.1 Å². The first-order valence-electron chi connectivity index (χ1n) is 16.7. The molecule has 3 aliphatic rings. The Hall–Kier alpha value is -6.00. The summed E-state index contributed by atoms with van der Waals surface area (Å²) < 4.78 is 9.30. The predicted molar refractivity (Wildman–Crippen MR) is 197 cm³/mol. The number of rotatable bonds is 4. The Morgan fingerprint density at radius 2 is 1.48 bits per heavy atom. The highest BCUT2D eigenvalue weighted by atomic mass is 16.5. The minimum Gasteiger partial charge on any atom is -0.484 e. The molecular formula is C44H31N3O. The molecule has 0 saturated heterocycles. The van der Waals surface area contributed by atoms with Gasteiger partial charge in [-0.1, -0.05) is 121 Å². The smallest absolute Gasteiger partial charge is 0.162 e. The van der Waals surface area contributed by atoms with Crippen LogP contribution in [0.5, 0.6) is 5.75 Å². The Kier molecular flexibility index (Phi) is 6.10. The molecule has 228 valence electrons. The summed E-state index contributed by atoms with van der Waals surface area (Å²) >= 11 is 0. The fourth-order valence-corrected chi connectivity index (χ4v) is 7.77. The van der Waals surface area contributed by atoms with E-state index in [2.05, 4.69) is 156 Å². The fourth-order valence-electron chi connectivity index (χ4n) is 7.77. The largest absolute Gasteiger partial charge is 0.484 e. The Morgan fingerprint density at radius 1 is 0.688 bits per heavy atom. The molecule has 3 heterocycles. The van der Waals surface area contributed by atoms with Crippen molar-refractivity contribution in [2.45, 2.75) is 24.9 Å².